The maximum atomic E-state index is 5.65. The predicted molar refractivity (Wildman–Crippen MR) is 50.1 cm³/mol. The van der Waals surface area contributed by atoms with Crippen molar-refractivity contribution in [3.63, 3.8) is 0 Å². The molecule has 0 fully saturated rings. The molecule has 0 aromatic carbocycles. The second kappa shape index (κ2) is 3.36. The average molecular weight is 213 g/mol. The lowest BCUT2D eigenvalue weighted by atomic mass is 10.1. The maximum Gasteiger partial charge on any atom is 0.209 e. The zero-order valence-electron chi connectivity index (χ0n) is 5.73. The Bertz CT molecular complexity index is 202. The van der Waals surface area contributed by atoms with Crippen molar-refractivity contribution in [3.05, 3.63) is 23.8 Å². The summed E-state index contributed by atoms with van der Waals surface area (Å²) >= 11 is 16.8. The third-order valence-corrected chi connectivity index (χ3v) is 2.26. The third kappa shape index (κ3) is 2.38. The first-order valence-electron chi connectivity index (χ1n) is 3.19. The highest BCUT2D eigenvalue weighted by Crippen LogP contribution is 2.34. The van der Waals surface area contributed by atoms with Crippen molar-refractivity contribution < 1.29 is 0 Å². The van der Waals surface area contributed by atoms with Crippen LogP contribution in [0, 0.1) is 0 Å². The lowest BCUT2D eigenvalue weighted by Crippen LogP contribution is -2.36. The van der Waals surface area contributed by atoms with Gasteiger partial charge in [-0.25, -0.2) is 0 Å². The fraction of sp³-hybridized carbons (Fsp3) is 0.429. The van der Waals surface area contributed by atoms with E-state index in [0.29, 0.717) is 0 Å². The molecule has 0 saturated heterocycles. The minimum atomic E-state index is -1.39. The number of halogens is 3. The van der Waals surface area contributed by atoms with Gasteiger partial charge in [0.2, 0.25) is 3.79 Å². The Morgan fingerprint density at radius 1 is 1.45 bits per heavy atom. The Morgan fingerprint density at radius 3 is 2.45 bits per heavy atom. The summed E-state index contributed by atoms with van der Waals surface area (Å²) in [4.78, 5) is 0. The number of alkyl halides is 3. The van der Waals surface area contributed by atoms with E-state index in [-0.39, 0.29) is 0 Å². The van der Waals surface area contributed by atoms with Gasteiger partial charge in [0.05, 0.1) is 6.04 Å². The minimum absolute atomic E-state index is 0.498. The molecule has 0 radical (unpaired) electrons. The second-order valence-electron chi connectivity index (χ2n) is 2.39. The van der Waals surface area contributed by atoms with E-state index in [1.54, 1.807) is 0 Å². The molecule has 0 aromatic heterocycles. The molecule has 0 spiro atoms. The zero-order chi connectivity index (χ0) is 8.48. The molecule has 0 aromatic rings. The Labute approximate surface area is 80.8 Å². The van der Waals surface area contributed by atoms with Crippen molar-refractivity contribution in [1.29, 1.82) is 0 Å². The van der Waals surface area contributed by atoms with Crippen LogP contribution < -0.4 is 5.73 Å². The monoisotopic (exact) mass is 211 g/mol. The number of hydrogen-bond acceptors (Lipinski definition) is 1. The van der Waals surface area contributed by atoms with Gasteiger partial charge in [-0.2, -0.15) is 0 Å². The highest BCUT2D eigenvalue weighted by atomic mass is 35.6. The second-order valence-corrected chi connectivity index (χ2v) is 4.76. The van der Waals surface area contributed by atoms with Crippen molar-refractivity contribution in [2.24, 2.45) is 5.73 Å². The Kier molecular flexibility index (Phi) is 2.87. The fourth-order valence-electron chi connectivity index (χ4n) is 0.905. The normalized spacial score (nSPS) is 20.2. The average Bonchev–Trinajstić information content (AvgIpc) is 2.34. The quantitative estimate of drug-likeness (QED) is 0.664. The van der Waals surface area contributed by atoms with E-state index < -0.39 is 9.83 Å². The molecule has 62 valence electrons. The molecule has 1 nitrogen and oxygen atoms in total. The molecular formula is C7H8Cl3N. The van der Waals surface area contributed by atoms with E-state index in [9.17, 15) is 0 Å². The number of hydrogen-bond donors (Lipinski definition) is 1. The molecule has 0 aliphatic heterocycles. The van der Waals surface area contributed by atoms with Crippen LogP contribution in [-0.4, -0.2) is 9.83 Å². The predicted octanol–water partition coefficient (Wildman–Crippen LogP) is 2.57. The van der Waals surface area contributed by atoms with Gasteiger partial charge in [0, 0.05) is 0 Å². The molecular weight excluding hydrogens is 204 g/mol. The van der Waals surface area contributed by atoms with Crippen molar-refractivity contribution >= 4 is 34.8 Å². The molecule has 0 amide bonds. The summed E-state index contributed by atoms with van der Waals surface area (Å²) in [5.74, 6) is 0. The first-order valence-corrected chi connectivity index (χ1v) is 4.33. The molecule has 4 heteroatoms. The van der Waals surface area contributed by atoms with Crippen molar-refractivity contribution in [3.8, 4) is 0 Å². The Hall–Kier alpha value is 0.310. The molecule has 1 rings (SSSR count). The highest BCUT2D eigenvalue weighted by molar-refractivity contribution is 6.68. The first kappa shape index (κ1) is 9.40. The van der Waals surface area contributed by atoms with E-state index in [1.807, 2.05) is 18.2 Å². The molecule has 11 heavy (non-hydrogen) atoms. The largest absolute Gasteiger partial charge is 0.321 e. The van der Waals surface area contributed by atoms with Crippen LogP contribution in [0.1, 0.15) is 6.42 Å². The van der Waals surface area contributed by atoms with Gasteiger partial charge in [-0.15, -0.1) is 0 Å². The summed E-state index contributed by atoms with van der Waals surface area (Å²) < 4.78 is -1.39. The minimum Gasteiger partial charge on any atom is -0.321 e. The number of rotatable bonds is 1. The van der Waals surface area contributed by atoms with Crippen LogP contribution in [0.15, 0.2) is 23.8 Å². The molecule has 1 unspecified atom stereocenters. The van der Waals surface area contributed by atoms with Gasteiger partial charge < -0.3 is 5.73 Å². The lowest BCUT2D eigenvalue weighted by molar-refractivity contribution is 0.777. The van der Waals surface area contributed by atoms with E-state index in [4.69, 9.17) is 40.5 Å². The van der Waals surface area contributed by atoms with Gasteiger partial charge >= 0.3 is 0 Å². The smallest absolute Gasteiger partial charge is 0.209 e. The van der Waals surface area contributed by atoms with Crippen molar-refractivity contribution in [1.82, 2.24) is 0 Å². The molecule has 1 aliphatic carbocycles. The SMILES string of the molecule is NC(C1=CC=CC1)C(Cl)(Cl)Cl. The molecule has 0 bridgehead atoms. The standard InChI is InChI=1S/C7H8Cl3N/c8-7(9,10)6(11)5-3-1-2-4-5/h1-3,6H,4,11H2. The summed E-state index contributed by atoms with van der Waals surface area (Å²) in [5.41, 5.74) is 6.61. The van der Waals surface area contributed by atoms with Crippen LogP contribution >= 0.6 is 34.8 Å². The summed E-state index contributed by atoms with van der Waals surface area (Å²) in [7, 11) is 0. The summed E-state index contributed by atoms with van der Waals surface area (Å²) in [5, 5.41) is 0. The highest BCUT2D eigenvalue weighted by Gasteiger charge is 2.31. The Morgan fingerprint density at radius 2 is 2.09 bits per heavy atom. The van der Waals surface area contributed by atoms with E-state index >= 15 is 0 Å². The topological polar surface area (TPSA) is 26.0 Å². The van der Waals surface area contributed by atoms with E-state index in [0.717, 1.165) is 12.0 Å². The third-order valence-electron chi connectivity index (χ3n) is 1.55. The van der Waals surface area contributed by atoms with Crippen molar-refractivity contribution in [2.45, 2.75) is 16.3 Å². The van der Waals surface area contributed by atoms with Crippen molar-refractivity contribution in [2.75, 3.05) is 0 Å². The maximum absolute atomic E-state index is 5.65. The number of nitrogens with two attached hydrogens (primary N) is 1. The van der Waals surface area contributed by atoms with E-state index in [1.165, 1.54) is 0 Å². The van der Waals surface area contributed by atoms with Gasteiger partial charge in [0.15, 0.2) is 0 Å². The first-order chi connectivity index (χ1) is 5.02. The van der Waals surface area contributed by atoms with Gasteiger partial charge in [-0.1, -0.05) is 53.0 Å². The van der Waals surface area contributed by atoms with Gasteiger partial charge in [-0.05, 0) is 12.0 Å². The molecule has 0 saturated carbocycles. The van der Waals surface area contributed by atoms with Crippen LogP contribution in [-0.2, 0) is 0 Å². The molecule has 0 heterocycles. The summed E-state index contributed by atoms with van der Waals surface area (Å²) in [6.07, 6.45) is 6.55. The van der Waals surface area contributed by atoms with E-state index in [2.05, 4.69) is 0 Å². The number of allylic oxidation sites excluding steroid dienone is 3. The molecule has 2 N–H and O–H groups in total. The fourth-order valence-corrected chi connectivity index (χ4v) is 1.33. The summed E-state index contributed by atoms with van der Waals surface area (Å²) in [6, 6.07) is -0.498. The van der Waals surface area contributed by atoms with Crippen LogP contribution in [0.4, 0.5) is 0 Å². The molecule has 1 atom stereocenters. The van der Waals surface area contributed by atoms with Crippen LogP contribution in [0.2, 0.25) is 0 Å². The Balaban J connectivity index is 2.62. The van der Waals surface area contributed by atoms with Gasteiger partial charge in [-0.3, -0.25) is 0 Å². The van der Waals surface area contributed by atoms with Crippen LogP contribution in [0.5, 0.6) is 0 Å². The van der Waals surface area contributed by atoms with Gasteiger partial charge in [0.1, 0.15) is 0 Å². The zero-order valence-corrected chi connectivity index (χ0v) is 8.00. The van der Waals surface area contributed by atoms with Crippen LogP contribution in [0.3, 0.4) is 0 Å². The summed E-state index contributed by atoms with van der Waals surface area (Å²) in [6.45, 7) is 0. The lowest BCUT2D eigenvalue weighted by Gasteiger charge is -2.20. The van der Waals surface area contributed by atoms with Gasteiger partial charge in [0.25, 0.3) is 0 Å². The molecule has 1 aliphatic rings. The van der Waals surface area contributed by atoms with Crippen LogP contribution in [0.25, 0.3) is 0 Å².